The summed E-state index contributed by atoms with van der Waals surface area (Å²) in [6, 6.07) is 0. The van der Waals surface area contributed by atoms with Crippen LogP contribution in [0.15, 0.2) is 0 Å². The molecule has 1 N–H and O–H groups in total. The van der Waals surface area contributed by atoms with Crippen LogP contribution in [-0.2, 0) is 9.53 Å². The number of carbonyl (C=O) groups excluding carboxylic acids is 1. The largest absolute Gasteiger partial charge is 0.469 e. The molecule has 1 rings (SSSR count). The molecular formula is C10H18N2O4. The number of carboxylic acid groups (broad SMARTS) is 1. The van der Waals surface area contributed by atoms with E-state index < -0.39 is 6.09 Å². The summed E-state index contributed by atoms with van der Waals surface area (Å²) in [7, 11) is 1.38. The van der Waals surface area contributed by atoms with Crippen molar-refractivity contribution in [3.63, 3.8) is 0 Å². The molecule has 0 bridgehead atoms. The standard InChI is InChI=1S/C10H18N2O4/c1-16-9(13)3-2-4-11-5-7-12(8-6-11)10(14)15/h2-8H2,1H3,(H,14,15). The van der Waals surface area contributed by atoms with E-state index in [1.807, 2.05) is 0 Å². The molecule has 0 atom stereocenters. The lowest BCUT2D eigenvalue weighted by Crippen LogP contribution is -2.48. The van der Waals surface area contributed by atoms with Crippen molar-refractivity contribution < 1.29 is 19.4 Å². The van der Waals surface area contributed by atoms with E-state index in [-0.39, 0.29) is 5.97 Å². The van der Waals surface area contributed by atoms with Gasteiger partial charge in [0.05, 0.1) is 7.11 Å². The molecule has 1 aliphatic rings. The fourth-order valence-electron chi connectivity index (χ4n) is 1.71. The molecule has 0 unspecified atom stereocenters. The van der Waals surface area contributed by atoms with Crippen molar-refractivity contribution >= 4 is 12.1 Å². The van der Waals surface area contributed by atoms with E-state index in [0.29, 0.717) is 19.5 Å². The van der Waals surface area contributed by atoms with Crippen LogP contribution in [0.5, 0.6) is 0 Å². The Balaban J connectivity index is 2.13. The lowest BCUT2D eigenvalue weighted by molar-refractivity contribution is -0.140. The molecule has 6 nitrogen and oxygen atoms in total. The van der Waals surface area contributed by atoms with Crippen LogP contribution in [0.2, 0.25) is 0 Å². The van der Waals surface area contributed by atoms with Crippen LogP contribution in [0.25, 0.3) is 0 Å². The van der Waals surface area contributed by atoms with Crippen LogP contribution in [0.3, 0.4) is 0 Å². The van der Waals surface area contributed by atoms with Crippen LogP contribution in [0.1, 0.15) is 12.8 Å². The van der Waals surface area contributed by atoms with Crippen molar-refractivity contribution in [1.29, 1.82) is 0 Å². The Morgan fingerprint density at radius 3 is 2.38 bits per heavy atom. The molecule has 0 spiro atoms. The number of piperazine rings is 1. The highest BCUT2D eigenvalue weighted by molar-refractivity contribution is 5.69. The zero-order chi connectivity index (χ0) is 12.0. The van der Waals surface area contributed by atoms with Gasteiger partial charge in [-0.1, -0.05) is 0 Å². The van der Waals surface area contributed by atoms with Gasteiger partial charge in [0, 0.05) is 32.6 Å². The average Bonchev–Trinajstić information content (AvgIpc) is 2.29. The lowest BCUT2D eigenvalue weighted by Gasteiger charge is -2.32. The highest BCUT2D eigenvalue weighted by Gasteiger charge is 2.19. The Morgan fingerprint density at radius 1 is 1.25 bits per heavy atom. The zero-order valence-corrected chi connectivity index (χ0v) is 9.52. The van der Waals surface area contributed by atoms with Gasteiger partial charge in [-0.2, -0.15) is 0 Å². The minimum atomic E-state index is -0.853. The first-order valence-electron chi connectivity index (χ1n) is 5.40. The van der Waals surface area contributed by atoms with Crippen molar-refractivity contribution in [2.45, 2.75) is 12.8 Å². The Kier molecular flexibility index (Phi) is 5.04. The first kappa shape index (κ1) is 12.8. The number of hydrogen-bond donors (Lipinski definition) is 1. The van der Waals surface area contributed by atoms with E-state index in [4.69, 9.17) is 5.11 Å². The molecule has 92 valence electrons. The fourth-order valence-corrected chi connectivity index (χ4v) is 1.71. The van der Waals surface area contributed by atoms with Gasteiger partial charge in [0.1, 0.15) is 0 Å². The summed E-state index contributed by atoms with van der Waals surface area (Å²) in [6.07, 6.45) is 0.337. The van der Waals surface area contributed by atoms with Gasteiger partial charge in [0.2, 0.25) is 0 Å². The van der Waals surface area contributed by atoms with Gasteiger partial charge in [-0.3, -0.25) is 9.69 Å². The minimum Gasteiger partial charge on any atom is -0.469 e. The fraction of sp³-hybridized carbons (Fsp3) is 0.800. The first-order chi connectivity index (χ1) is 7.63. The minimum absolute atomic E-state index is 0.191. The monoisotopic (exact) mass is 230 g/mol. The smallest absolute Gasteiger partial charge is 0.407 e. The molecule has 0 radical (unpaired) electrons. The van der Waals surface area contributed by atoms with Crippen LogP contribution >= 0.6 is 0 Å². The van der Waals surface area contributed by atoms with Gasteiger partial charge >= 0.3 is 12.1 Å². The maximum absolute atomic E-state index is 10.9. The van der Waals surface area contributed by atoms with Crippen molar-refractivity contribution in [2.75, 3.05) is 39.8 Å². The second-order valence-corrected chi connectivity index (χ2v) is 3.79. The normalized spacial score (nSPS) is 17.2. The average molecular weight is 230 g/mol. The third-order valence-electron chi connectivity index (χ3n) is 2.73. The third kappa shape index (κ3) is 4.06. The Hall–Kier alpha value is -1.30. The van der Waals surface area contributed by atoms with Crippen LogP contribution in [0.4, 0.5) is 4.79 Å². The zero-order valence-electron chi connectivity index (χ0n) is 9.52. The summed E-state index contributed by atoms with van der Waals surface area (Å²) in [5.41, 5.74) is 0. The molecule has 0 saturated carbocycles. The highest BCUT2D eigenvalue weighted by Crippen LogP contribution is 2.04. The highest BCUT2D eigenvalue weighted by atomic mass is 16.5. The molecule has 0 aromatic heterocycles. The van der Waals surface area contributed by atoms with Crippen molar-refractivity contribution in [3.8, 4) is 0 Å². The Bertz CT molecular complexity index is 249. The number of carbonyl (C=O) groups is 2. The predicted octanol–water partition coefficient (Wildman–Crippen LogP) is 0.235. The Morgan fingerprint density at radius 2 is 1.88 bits per heavy atom. The molecular weight excluding hydrogens is 212 g/mol. The summed E-state index contributed by atoms with van der Waals surface area (Å²) in [5.74, 6) is -0.191. The Labute approximate surface area is 94.8 Å². The van der Waals surface area contributed by atoms with E-state index in [1.165, 1.54) is 12.0 Å². The summed E-state index contributed by atoms with van der Waals surface area (Å²) < 4.78 is 4.54. The van der Waals surface area contributed by atoms with E-state index in [2.05, 4.69) is 9.64 Å². The van der Waals surface area contributed by atoms with Gasteiger partial charge < -0.3 is 14.7 Å². The van der Waals surface area contributed by atoms with Crippen molar-refractivity contribution in [1.82, 2.24) is 9.80 Å². The van der Waals surface area contributed by atoms with E-state index in [0.717, 1.165) is 26.1 Å². The molecule has 6 heteroatoms. The second kappa shape index (κ2) is 6.32. The molecule has 0 aromatic carbocycles. The molecule has 1 fully saturated rings. The molecule has 1 aliphatic heterocycles. The van der Waals surface area contributed by atoms with E-state index in [1.54, 1.807) is 0 Å². The van der Waals surface area contributed by atoms with E-state index >= 15 is 0 Å². The lowest BCUT2D eigenvalue weighted by atomic mass is 10.2. The second-order valence-electron chi connectivity index (χ2n) is 3.79. The van der Waals surface area contributed by atoms with Crippen LogP contribution in [0, 0.1) is 0 Å². The van der Waals surface area contributed by atoms with Crippen molar-refractivity contribution in [3.05, 3.63) is 0 Å². The number of amides is 1. The molecule has 16 heavy (non-hydrogen) atoms. The summed E-state index contributed by atoms with van der Waals surface area (Å²) in [4.78, 5) is 25.1. The molecule has 1 heterocycles. The molecule has 1 saturated heterocycles. The quantitative estimate of drug-likeness (QED) is 0.700. The summed E-state index contributed by atoms with van der Waals surface area (Å²) in [5, 5.41) is 8.75. The SMILES string of the molecule is COC(=O)CCCN1CCN(C(=O)O)CC1. The molecule has 0 aromatic rings. The van der Waals surface area contributed by atoms with Crippen molar-refractivity contribution in [2.24, 2.45) is 0 Å². The number of methoxy groups -OCH3 is 1. The van der Waals surface area contributed by atoms with Crippen LogP contribution in [-0.4, -0.2) is 66.8 Å². The van der Waals surface area contributed by atoms with Gasteiger partial charge in [-0.25, -0.2) is 4.79 Å². The topological polar surface area (TPSA) is 70.1 Å². The van der Waals surface area contributed by atoms with E-state index in [9.17, 15) is 9.59 Å². The number of ether oxygens (including phenoxy) is 1. The van der Waals surface area contributed by atoms with Gasteiger partial charge in [0.25, 0.3) is 0 Å². The first-order valence-corrected chi connectivity index (χ1v) is 5.40. The van der Waals surface area contributed by atoms with Gasteiger partial charge in [-0.15, -0.1) is 0 Å². The number of rotatable bonds is 4. The predicted molar refractivity (Wildman–Crippen MR) is 57.3 cm³/mol. The number of nitrogens with zero attached hydrogens (tertiary/aromatic N) is 2. The number of esters is 1. The maximum Gasteiger partial charge on any atom is 0.407 e. The summed E-state index contributed by atoms with van der Waals surface area (Å²) in [6.45, 7) is 3.41. The van der Waals surface area contributed by atoms with Crippen LogP contribution < -0.4 is 0 Å². The number of hydrogen-bond acceptors (Lipinski definition) is 4. The van der Waals surface area contributed by atoms with Gasteiger partial charge in [0.15, 0.2) is 0 Å². The third-order valence-corrected chi connectivity index (χ3v) is 2.73. The maximum atomic E-state index is 10.9. The summed E-state index contributed by atoms with van der Waals surface area (Å²) >= 11 is 0. The molecule has 0 aliphatic carbocycles. The molecule has 1 amide bonds. The van der Waals surface area contributed by atoms with Gasteiger partial charge in [-0.05, 0) is 13.0 Å².